The molecule has 1 fully saturated rings. The topological polar surface area (TPSA) is 29.5 Å². The van der Waals surface area contributed by atoms with E-state index in [1.807, 2.05) is 0 Å². The van der Waals surface area contributed by atoms with Gasteiger partial charge < -0.3 is 9.53 Å². The average Bonchev–Trinajstić information content (AvgIpc) is 2.87. The second-order valence-electron chi connectivity index (χ2n) is 10.2. The highest BCUT2D eigenvalue weighted by Crippen LogP contribution is 2.37. The Balaban J connectivity index is 1.58. The predicted octanol–water partition coefficient (Wildman–Crippen LogP) is 6.84. The van der Waals surface area contributed by atoms with Crippen LogP contribution in [0.5, 0.6) is 0 Å². The van der Waals surface area contributed by atoms with Gasteiger partial charge in [0.1, 0.15) is 0 Å². The number of benzene rings is 2. The minimum atomic E-state index is -2.58. The number of allylic oxidation sites excluding steroid dienone is 2. The summed E-state index contributed by atoms with van der Waals surface area (Å²) in [5.74, 6) is 2.60. The van der Waals surface area contributed by atoms with Crippen LogP contribution in [-0.4, -0.2) is 47.6 Å². The van der Waals surface area contributed by atoms with Gasteiger partial charge in [-0.3, -0.25) is 0 Å². The number of rotatable bonds is 12. The molecule has 1 N–H and O–H groups in total. The summed E-state index contributed by atoms with van der Waals surface area (Å²) in [5, 5.41) is 12.9. The normalized spacial score (nSPS) is 17.5. The monoisotopic (exact) mass is 548 g/mol. The Kier molecular flexibility index (Phi) is 11.8. The Morgan fingerprint density at radius 2 is 1.57 bits per heavy atom. The third kappa shape index (κ3) is 8.15. The van der Waals surface area contributed by atoms with Crippen molar-refractivity contribution in [3.8, 4) is 0 Å². The van der Waals surface area contributed by atoms with Crippen LogP contribution in [0.15, 0.2) is 72.8 Å². The van der Waals surface area contributed by atoms with Crippen LogP contribution >= 0.6 is 35.1 Å². The van der Waals surface area contributed by atoms with E-state index in [2.05, 4.69) is 117 Å². The standard InChI is InChI=1S/C29H41ClO2S2Si/c1-29(2,3)35(24-14-7-4-8-15-24,25-16-9-5-10-17-25)32-21-20-27(31)26(30)18-11-6-12-19-28-33-22-13-23-34-28/h4-11,14-17,26-28,31H,12-13,18-23H2,1-3H3/b11-6-/t26-,27-/m0/s1. The highest BCUT2D eigenvalue weighted by Gasteiger charge is 2.50. The molecule has 0 aliphatic carbocycles. The van der Waals surface area contributed by atoms with Crippen LogP contribution in [0.4, 0.5) is 0 Å². The van der Waals surface area contributed by atoms with Gasteiger partial charge in [0.2, 0.25) is 0 Å². The zero-order chi connectivity index (χ0) is 25.2. The van der Waals surface area contributed by atoms with Gasteiger partial charge in [0.05, 0.1) is 16.1 Å². The second-order valence-corrected chi connectivity index (χ2v) is 18.0. The Hall–Kier alpha value is -0.693. The van der Waals surface area contributed by atoms with E-state index >= 15 is 0 Å². The third-order valence-electron chi connectivity index (χ3n) is 6.56. The van der Waals surface area contributed by atoms with Gasteiger partial charge in [0.25, 0.3) is 8.32 Å². The molecule has 1 aliphatic heterocycles. The molecule has 0 bridgehead atoms. The van der Waals surface area contributed by atoms with Crippen molar-refractivity contribution in [2.24, 2.45) is 0 Å². The molecule has 0 saturated carbocycles. The molecule has 192 valence electrons. The van der Waals surface area contributed by atoms with Crippen molar-refractivity contribution in [2.45, 2.75) is 74.0 Å². The number of thioether (sulfide) groups is 2. The summed E-state index contributed by atoms with van der Waals surface area (Å²) >= 11 is 10.8. The quantitative estimate of drug-likeness (QED) is 0.178. The number of aliphatic hydroxyl groups excluding tert-OH is 1. The lowest BCUT2D eigenvalue weighted by Gasteiger charge is -2.43. The zero-order valence-electron chi connectivity index (χ0n) is 21.4. The number of hydrogen-bond acceptors (Lipinski definition) is 4. The summed E-state index contributed by atoms with van der Waals surface area (Å²) in [7, 11) is -2.58. The van der Waals surface area contributed by atoms with Crippen LogP contribution < -0.4 is 10.4 Å². The summed E-state index contributed by atoms with van der Waals surface area (Å²) in [6.45, 7) is 7.30. The molecule has 2 nitrogen and oxygen atoms in total. The first-order valence-corrected chi connectivity index (χ1v) is 17.2. The first-order chi connectivity index (χ1) is 16.8. The van der Waals surface area contributed by atoms with Gasteiger partial charge in [-0.2, -0.15) is 0 Å². The Labute approximate surface area is 227 Å². The van der Waals surface area contributed by atoms with Crippen molar-refractivity contribution >= 4 is 53.8 Å². The van der Waals surface area contributed by atoms with E-state index in [-0.39, 0.29) is 10.4 Å². The van der Waals surface area contributed by atoms with Crippen LogP contribution in [0.3, 0.4) is 0 Å². The molecular weight excluding hydrogens is 508 g/mol. The minimum Gasteiger partial charge on any atom is -0.407 e. The predicted molar refractivity (Wildman–Crippen MR) is 160 cm³/mol. The molecule has 2 aromatic rings. The van der Waals surface area contributed by atoms with Gasteiger partial charge >= 0.3 is 0 Å². The summed E-state index contributed by atoms with van der Waals surface area (Å²) in [6.07, 6.45) is 8.64. The summed E-state index contributed by atoms with van der Waals surface area (Å²) in [5.41, 5.74) is 0. The zero-order valence-corrected chi connectivity index (χ0v) is 24.8. The van der Waals surface area contributed by atoms with Gasteiger partial charge in [-0.25, -0.2) is 0 Å². The van der Waals surface area contributed by atoms with Crippen molar-refractivity contribution in [3.63, 3.8) is 0 Å². The fraction of sp³-hybridized carbons (Fsp3) is 0.517. The largest absolute Gasteiger partial charge is 0.407 e. The summed E-state index contributed by atoms with van der Waals surface area (Å²) in [4.78, 5) is 0. The maximum Gasteiger partial charge on any atom is 0.261 e. The molecule has 6 heteroatoms. The minimum absolute atomic E-state index is 0.0708. The fourth-order valence-electron chi connectivity index (χ4n) is 4.71. The van der Waals surface area contributed by atoms with Crippen LogP contribution in [0.25, 0.3) is 0 Å². The highest BCUT2D eigenvalue weighted by molar-refractivity contribution is 8.17. The average molecular weight is 549 g/mol. The van der Waals surface area contributed by atoms with E-state index in [0.29, 0.717) is 19.4 Å². The van der Waals surface area contributed by atoms with Crippen LogP contribution in [0, 0.1) is 0 Å². The fourth-order valence-corrected chi connectivity index (χ4v) is 12.4. The van der Waals surface area contributed by atoms with Gasteiger partial charge in [-0.15, -0.1) is 35.1 Å². The summed E-state index contributed by atoms with van der Waals surface area (Å²) < 4.78 is 7.64. The Morgan fingerprint density at radius 1 is 1.00 bits per heavy atom. The third-order valence-corrected chi connectivity index (χ3v) is 15.2. The van der Waals surface area contributed by atoms with Crippen molar-refractivity contribution in [1.29, 1.82) is 0 Å². The number of halogens is 1. The van der Waals surface area contributed by atoms with E-state index in [1.165, 1.54) is 34.7 Å². The lowest BCUT2D eigenvalue weighted by molar-refractivity contribution is 0.132. The first kappa shape index (κ1) is 28.9. The van der Waals surface area contributed by atoms with Crippen LogP contribution in [0.2, 0.25) is 5.04 Å². The van der Waals surface area contributed by atoms with Crippen molar-refractivity contribution < 1.29 is 9.53 Å². The van der Waals surface area contributed by atoms with E-state index < -0.39 is 14.4 Å². The Bertz CT molecular complexity index is 843. The van der Waals surface area contributed by atoms with Crippen LogP contribution in [0.1, 0.15) is 52.9 Å². The highest BCUT2D eigenvalue weighted by atomic mass is 35.5. The Morgan fingerprint density at radius 3 is 2.11 bits per heavy atom. The van der Waals surface area contributed by atoms with Crippen LogP contribution in [-0.2, 0) is 4.43 Å². The van der Waals surface area contributed by atoms with Gasteiger partial charge in [-0.1, -0.05) is 93.6 Å². The number of hydrogen-bond donors (Lipinski definition) is 1. The first-order valence-electron chi connectivity index (χ1n) is 12.8. The molecule has 0 radical (unpaired) electrons. The summed E-state index contributed by atoms with van der Waals surface area (Å²) in [6, 6.07) is 21.3. The maximum atomic E-state index is 10.8. The van der Waals surface area contributed by atoms with Crippen molar-refractivity contribution in [2.75, 3.05) is 18.1 Å². The van der Waals surface area contributed by atoms with Gasteiger partial charge in [0.15, 0.2) is 0 Å². The smallest absolute Gasteiger partial charge is 0.261 e. The second kappa shape index (κ2) is 14.3. The SMILES string of the molecule is CC(C)(C)[Si](OCC[C@H](O)[C@@H](Cl)C/C=C\CCC1SCCCS1)(c1ccccc1)c1ccccc1. The van der Waals surface area contributed by atoms with Crippen molar-refractivity contribution in [1.82, 2.24) is 0 Å². The molecular formula is C29H41ClO2S2Si. The maximum absolute atomic E-state index is 10.8. The molecule has 0 unspecified atom stereocenters. The molecule has 2 aromatic carbocycles. The van der Waals surface area contributed by atoms with E-state index in [0.717, 1.165) is 11.0 Å². The molecule has 0 aromatic heterocycles. The molecule has 0 amide bonds. The lowest BCUT2D eigenvalue weighted by atomic mass is 10.1. The molecule has 2 atom stereocenters. The molecule has 1 aliphatic rings. The molecule has 35 heavy (non-hydrogen) atoms. The molecule has 3 rings (SSSR count). The number of alkyl halides is 1. The van der Waals surface area contributed by atoms with Gasteiger partial charge in [0, 0.05) is 6.61 Å². The van der Waals surface area contributed by atoms with E-state index in [4.69, 9.17) is 16.0 Å². The van der Waals surface area contributed by atoms with E-state index in [1.54, 1.807) is 0 Å². The van der Waals surface area contributed by atoms with Gasteiger partial charge in [-0.05, 0) is 59.0 Å². The molecule has 1 heterocycles. The molecule has 1 saturated heterocycles. The number of aliphatic hydroxyl groups is 1. The molecule has 0 spiro atoms. The lowest BCUT2D eigenvalue weighted by Crippen LogP contribution is -2.66. The van der Waals surface area contributed by atoms with Crippen molar-refractivity contribution in [3.05, 3.63) is 72.8 Å². The van der Waals surface area contributed by atoms with E-state index in [9.17, 15) is 5.11 Å².